The van der Waals surface area contributed by atoms with Crippen molar-refractivity contribution in [2.45, 2.75) is 31.5 Å². The first kappa shape index (κ1) is 7.59. The second-order valence-electron chi connectivity index (χ2n) is 2.81. The molecule has 2 nitrogen and oxygen atoms in total. The van der Waals surface area contributed by atoms with E-state index in [2.05, 4.69) is 5.92 Å². The summed E-state index contributed by atoms with van der Waals surface area (Å²) in [5.74, 6) is 2.61. The fraction of sp³-hybridized carbons (Fsp3) is 0.750. The van der Waals surface area contributed by atoms with Crippen molar-refractivity contribution in [3.05, 3.63) is 0 Å². The molecule has 2 heteroatoms. The molecule has 0 aromatic rings. The van der Waals surface area contributed by atoms with Crippen LogP contribution in [0.5, 0.6) is 0 Å². The van der Waals surface area contributed by atoms with Gasteiger partial charge < -0.3 is 10.5 Å². The lowest BCUT2D eigenvalue weighted by Gasteiger charge is -2.20. The molecule has 0 bridgehead atoms. The van der Waals surface area contributed by atoms with Gasteiger partial charge in [-0.05, 0) is 19.8 Å². The van der Waals surface area contributed by atoms with Crippen molar-refractivity contribution in [3.8, 4) is 12.3 Å². The van der Waals surface area contributed by atoms with E-state index in [-0.39, 0.29) is 6.10 Å². The van der Waals surface area contributed by atoms with E-state index in [9.17, 15) is 0 Å². The zero-order chi connectivity index (χ0) is 7.61. The van der Waals surface area contributed by atoms with Gasteiger partial charge in [0.25, 0.3) is 0 Å². The third-order valence-corrected chi connectivity index (χ3v) is 1.97. The standard InChI is InChI=1S/C8H13NO/c1-3-8(6-9)5-4-7(2)10-8/h1,7H,4-6,9H2,2H3. The summed E-state index contributed by atoms with van der Waals surface area (Å²) in [5, 5.41) is 0. The number of rotatable bonds is 1. The van der Waals surface area contributed by atoms with Gasteiger partial charge >= 0.3 is 0 Å². The molecule has 56 valence electrons. The van der Waals surface area contributed by atoms with Crippen LogP contribution in [-0.2, 0) is 4.74 Å². The molecule has 0 radical (unpaired) electrons. The van der Waals surface area contributed by atoms with Gasteiger partial charge in [-0.1, -0.05) is 5.92 Å². The van der Waals surface area contributed by atoms with Crippen LogP contribution in [-0.4, -0.2) is 18.2 Å². The van der Waals surface area contributed by atoms with E-state index >= 15 is 0 Å². The molecule has 10 heavy (non-hydrogen) atoms. The molecule has 0 saturated carbocycles. The van der Waals surface area contributed by atoms with Crippen LogP contribution < -0.4 is 5.73 Å². The zero-order valence-corrected chi connectivity index (χ0v) is 6.26. The van der Waals surface area contributed by atoms with Crippen molar-refractivity contribution in [1.29, 1.82) is 0 Å². The van der Waals surface area contributed by atoms with Crippen molar-refractivity contribution in [2.75, 3.05) is 6.54 Å². The Kier molecular flexibility index (Phi) is 1.98. The molecule has 1 saturated heterocycles. The van der Waals surface area contributed by atoms with Gasteiger partial charge in [0.1, 0.15) is 5.60 Å². The van der Waals surface area contributed by atoms with Crippen molar-refractivity contribution in [3.63, 3.8) is 0 Å². The first-order valence-corrected chi connectivity index (χ1v) is 3.58. The van der Waals surface area contributed by atoms with Crippen molar-refractivity contribution < 1.29 is 4.74 Å². The summed E-state index contributed by atoms with van der Waals surface area (Å²) in [6.45, 7) is 2.46. The Morgan fingerprint density at radius 1 is 1.90 bits per heavy atom. The Bertz CT molecular complexity index is 161. The monoisotopic (exact) mass is 139 g/mol. The summed E-state index contributed by atoms with van der Waals surface area (Å²) in [6.07, 6.45) is 7.50. The summed E-state index contributed by atoms with van der Waals surface area (Å²) in [4.78, 5) is 0. The van der Waals surface area contributed by atoms with Gasteiger partial charge in [0.2, 0.25) is 0 Å². The Morgan fingerprint density at radius 3 is 2.80 bits per heavy atom. The minimum absolute atomic E-state index is 0.277. The van der Waals surface area contributed by atoms with Gasteiger partial charge in [-0.2, -0.15) is 0 Å². The molecule has 1 heterocycles. The van der Waals surface area contributed by atoms with E-state index in [0.717, 1.165) is 12.8 Å². The minimum atomic E-state index is -0.445. The smallest absolute Gasteiger partial charge is 0.140 e. The third-order valence-electron chi connectivity index (χ3n) is 1.97. The molecule has 1 aliphatic rings. The molecule has 0 spiro atoms. The summed E-state index contributed by atoms with van der Waals surface area (Å²) in [6, 6.07) is 0. The summed E-state index contributed by atoms with van der Waals surface area (Å²) in [7, 11) is 0. The van der Waals surface area contributed by atoms with Crippen LogP contribution >= 0.6 is 0 Å². The van der Waals surface area contributed by atoms with E-state index < -0.39 is 5.60 Å². The zero-order valence-electron chi connectivity index (χ0n) is 6.26. The summed E-state index contributed by atoms with van der Waals surface area (Å²) in [5.41, 5.74) is 5.03. The molecule has 1 aliphatic heterocycles. The van der Waals surface area contributed by atoms with E-state index in [1.807, 2.05) is 6.92 Å². The molecule has 2 atom stereocenters. The lowest BCUT2D eigenvalue weighted by molar-refractivity contribution is 0.0142. The van der Waals surface area contributed by atoms with Crippen LogP contribution in [0.4, 0.5) is 0 Å². The molecule has 0 aromatic heterocycles. The second-order valence-corrected chi connectivity index (χ2v) is 2.81. The van der Waals surface area contributed by atoms with Crippen LogP contribution in [0.3, 0.4) is 0 Å². The van der Waals surface area contributed by atoms with Crippen LogP contribution in [0.2, 0.25) is 0 Å². The Labute approximate surface area is 61.7 Å². The average Bonchev–Trinajstić information content (AvgIpc) is 2.33. The lowest BCUT2D eigenvalue weighted by atomic mass is 10.0. The number of hydrogen-bond acceptors (Lipinski definition) is 2. The maximum absolute atomic E-state index is 5.49. The molecule has 2 N–H and O–H groups in total. The van der Waals surface area contributed by atoms with Gasteiger partial charge in [0.15, 0.2) is 0 Å². The molecule has 0 aliphatic carbocycles. The Morgan fingerprint density at radius 2 is 2.60 bits per heavy atom. The van der Waals surface area contributed by atoms with Crippen LogP contribution in [0.25, 0.3) is 0 Å². The average molecular weight is 139 g/mol. The quantitative estimate of drug-likeness (QED) is 0.537. The first-order valence-electron chi connectivity index (χ1n) is 3.58. The highest BCUT2D eigenvalue weighted by atomic mass is 16.5. The topological polar surface area (TPSA) is 35.2 Å². The lowest BCUT2D eigenvalue weighted by Crippen LogP contribution is -2.35. The second kappa shape index (κ2) is 2.61. The first-order chi connectivity index (χ1) is 4.72. The van der Waals surface area contributed by atoms with Crippen molar-refractivity contribution >= 4 is 0 Å². The molecule has 1 rings (SSSR count). The maximum Gasteiger partial charge on any atom is 0.140 e. The molecule has 1 fully saturated rings. The van der Waals surface area contributed by atoms with Crippen LogP contribution in [0, 0.1) is 12.3 Å². The fourth-order valence-electron chi connectivity index (χ4n) is 1.25. The van der Waals surface area contributed by atoms with Gasteiger partial charge in [0, 0.05) is 6.54 Å². The van der Waals surface area contributed by atoms with E-state index in [1.54, 1.807) is 0 Å². The maximum atomic E-state index is 5.49. The van der Waals surface area contributed by atoms with E-state index in [0.29, 0.717) is 6.54 Å². The molecule has 0 aromatic carbocycles. The molecule has 2 unspecified atom stereocenters. The predicted octanol–water partition coefficient (Wildman–Crippen LogP) is 0.516. The number of nitrogens with two attached hydrogens (primary N) is 1. The number of terminal acetylenes is 1. The highest BCUT2D eigenvalue weighted by Crippen LogP contribution is 2.28. The predicted molar refractivity (Wildman–Crippen MR) is 40.4 cm³/mol. The molecular weight excluding hydrogens is 126 g/mol. The summed E-state index contributed by atoms with van der Waals surface area (Å²) < 4.78 is 5.49. The van der Waals surface area contributed by atoms with Gasteiger partial charge in [-0.15, -0.1) is 6.42 Å². The Balaban J connectivity index is 2.62. The minimum Gasteiger partial charge on any atom is -0.358 e. The van der Waals surface area contributed by atoms with Crippen LogP contribution in [0.15, 0.2) is 0 Å². The van der Waals surface area contributed by atoms with Crippen molar-refractivity contribution in [1.82, 2.24) is 0 Å². The highest BCUT2D eigenvalue weighted by Gasteiger charge is 2.35. The van der Waals surface area contributed by atoms with Crippen molar-refractivity contribution in [2.24, 2.45) is 5.73 Å². The molecular formula is C8H13NO. The largest absolute Gasteiger partial charge is 0.358 e. The van der Waals surface area contributed by atoms with E-state index in [4.69, 9.17) is 16.9 Å². The van der Waals surface area contributed by atoms with Gasteiger partial charge in [-0.25, -0.2) is 0 Å². The van der Waals surface area contributed by atoms with Gasteiger partial charge in [0.05, 0.1) is 6.10 Å². The normalized spacial score (nSPS) is 39.5. The van der Waals surface area contributed by atoms with E-state index in [1.165, 1.54) is 0 Å². The number of ether oxygens (including phenoxy) is 1. The number of hydrogen-bond donors (Lipinski definition) is 1. The van der Waals surface area contributed by atoms with Gasteiger partial charge in [-0.3, -0.25) is 0 Å². The SMILES string of the molecule is C#CC1(CN)CCC(C)O1. The van der Waals surface area contributed by atoms with Crippen LogP contribution in [0.1, 0.15) is 19.8 Å². The fourth-order valence-corrected chi connectivity index (χ4v) is 1.25. The Hall–Kier alpha value is -0.520. The highest BCUT2D eigenvalue weighted by molar-refractivity contribution is 5.12. The summed E-state index contributed by atoms with van der Waals surface area (Å²) >= 11 is 0. The molecule has 0 amide bonds. The third kappa shape index (κ3) is 1.16.